The second-order valence-corrected chi connectivity index (χ2v) is 10.6. The molecule has 1 atom stereocenters. The fraction of sp³-hybridized carbons (Fsp3) is 0.312. The van der Waals surface area contributed by atoms with E-state index in [-0.39, 0.29) is 12.5 Å². The molecule has 4 rings (SSSR count). The SMILES string of the molecule is CC(C)(C)OC(=O)NCCCCC(NC(=O)OCc1ccccc1)c1nc(-c2ccc(-c3ccccc3)cc2)no1. The zero-order chi connectivity index (χ0) is 29.1. The molecule has 9 nitrogen and oxygen atoms in total. The van der Waals surface area contributed by atoms with Crippen LogP contribution in [0.25, 0.3) is 22.5 Å². The third-order valence-corrected chi connectivity index (χ3v) is 6.08. The Morgan fingerprint density at radius 3 is 2.15 bits per heavy atom. The fourth-order valence-electron chi connectivity index (χ4n) is 4.08. The minimum Gasteiger partial charge on any atom is -0.445 e. The van der Waals surface area contributed by atoms with Gasteiger partial charge in [0.15, 0.2) is 0 Å². The Hall–Kier alpha value is -4.66. The molecular formula is C32H36N4O5. The van der Waals surface area contributed by atoms with Crippen LogP contribution in [0.15, 0.2) is 89.5 Å². The van der Waals surface area contributed by atoms with Crippen molar-refractivity contribution in [2.45, 2.75) is 58.3 Å². The highest BCUT2D eigenvalue weighted by Gasteiger charge is 2.23. The molecule has 2 amide bonds. The number of nitrogens with zero attached hydrogens (tertiary/aromatic N) is 2. The van der Waals surface area contributed by atoms with Crippen molar-refractivity contribution >= 4 is 12.2 Å². The van der Waals surface area contributed by atoms with E-state index >= 15 is 0 Å². The van der Waals surface area contributed by atoms with Crippen LogP contribution in [0, 0.1) is 0 Å². The van der Waals surface area contributed by atoms with Crippen LogP contribution < -0.4 is 10.6 Å². The summed E-state index contributed by atoms with van der Waals surface area (Å²) in [4.78, 5) is 29.2. The molecule has 1 unspecified atom stereocenters. The topological polar surface area (TPSA) is 116 Å². The predicted molar refractivity (Wildman–Crippen MR) is 156 cm³/mol. The molecule has 1 aromatic heterocycles. The molecule has 2 N–H and O–H groups in total. The first-order valence-corrected chi connectivity index (χ1v) is 13.7. The van der Waals surface area contributed by atoms with Gasteiger partial charge in [-0.1, -0.05) is 90.1 Å². The summed E-state index contributed by atoms with van der Waals surface area (Å²) in [6.07, 6.45) is 0.793. The minimum atomic E-state index is -0.585. The van der Waals surface area contributed by atoms with Crippen molar-refractivity contribution in [3.05, 3.63) is 96.4 Å². The van der Waals surface area contributed by atoms with Crippen molar-refractivity contribution in [2.75, 3.05) is 6.54 Å². The number of benzene rings is 3. The van der Waals surface area contributed by atoms with Crippen molar-refractivity contribution in [1.29, 1.82) is 0 Å². The Balaban J connectivity index is 1.38. The van der Waals surface area contributed by atoms with Gasteiger partial charge in [0.1, 0.15) is 18.2 Å². The number of hydrogen-bond donors (Lipinski definition) is 2. The smallest absolute Gasteiger partial charge is 0.408 e. The van der Waals surface area contributed by atoms with Gasteiger partial charge in [-0.3, -0.25) is 0 Å². The summed E-state index contributed by atoms with van der Waals surface area (Å²) in [5, 5.41) is 9.77. The van der Waals surface area contributed by atoms with Crippen LogP contribution in [0.5, 0.6) is 0 Å². The Bertz CT molecular complexity index is 1380. The first-order valence-electron chi connectivity index (χ1n) is 13.7. The van der Waals surface area contributed by atoms with Crippen molar-refractivity contribution in [3.63, 3.8) is 0 Å². The molecular weight excluding hydrogens is 520 g/mol. The lowest BCUT2D eigenvalue weighted by molar-refractivity contribution is 0.0527. The van der Waals surface area contributed by atoms with Crippen LogP contribution in [-0.2, 0) is 16.1 Å². The third-order valence-electron chi connectivity index (χ3n) is 6.08. The van der Waals surface area contributed by atoms with Gasteiger partial charge in [0, 0.05) is 12.1 Å². The van der Waals surface area contributed by atoms with Gasteiger partial charge in [0.25, 0.3) is 0 Å². The van der Waals surface area contributed by atoms with E-state index in [1.807, 2.05) is 93.6 Å². The largest absolute Gasteiger partial charge is 0.445 e. The van der Waals surface area contributed by atoms with Gasteiger partial charge in [0.2, 0.25) is 11.7 Å². The molecule has 0 aliphatic carbocycles. The molecule has 0 radical (unpaired) electrons. The van der Waals surface area contributed by atoms with E-state index in [9.17, 15) is 9.59 Å². The molecule has 4 aromatic rings. The molecule has 9 heteroatoms. The Kier molecular flexibility index (Phi) is 10.1. The van der Waals surface area contributed by atoms with Gasteiger partial charge in [-0.25, -0.2) is 9.59 Å². The average molecular weight is 557 g/mol. The molecule has 0 bridgehead atoms. The monoisotopic (exact) mass is 556 g/mol. The zero-order valence-corrected chi connectivity index (χ0v) is 23.6. The first-order chi connectivity index (χ1) is 19.8. The van der Waals surface area contributed by atoms with Crippen molar-refractivity contribution in [3.8, 4) is 22.5 Å². The van der Waals surface area contributed by atoms with Crippen molar-refractivity contribution < 1.29 is 23.6 Å². The number of unbranched alkanes of at least 4 members (excludes halogenated alkanes) is 1. The van der Waals surface area contributed by atoms with Gasteiger partial charge in [-0.15, -0.1) is 0 Å². The van der Waals surface area contributed by atoms with E-state index in [0.717, 1.165) is 22.3 Å². The average Bonchev–Trinajstić information content (AvgIpc) is 3.46. The van der Waals surface area contributed by atoms with Crippen LogP contribution in [0.3, 0.4) is 0 Å². The minimum absolute atomic E-state index is 0.141. The van der Waals surface area contributed by atoms with E-state index in [1.165, 1.54) is 0 Å². The van der Waals surface area contributed by atoms with E-state index in [4.69, 9.17) is 14.0 Å². The van der Waals surface area contributed by atoms with Gasteiger partial charge in [-0.05, 0) is 56.7 Å². The number of amides is 2. The number of ether oxygens (including phenoxy) is 2. The molecule has 0 aliphatic rings. The molecule has 41 heavy (non-hydrogen) atoms. The first kappa shape index (κ1) is 29.3. The Labute approximate surface area is 240 Å². The molecule has 0 saturated carbocycles. The van der Waals surface area contributed by atoms with E-state index in [1.54, 1.807) is 0 Å². The summed E-state index contributed by atoms with van der Waals surface area (Å²) in [6, 6.07) is 26.9. The lowest BCUT2D eigenvalue weighted by Crippen LogP contribution is -2.33. The number of hydrogen-bond acceptors (Lipinski definition) is 7. The Morgan fingerprint density at radius 1 is 0.829 bits per heavy atom. The molecule has 0 saturated heterocycles. The van der Waals surface area contributed by atoms with E-state index in [0.29, 0.717) is 31.6 Å². The molecule has 1 heterocycles. The maximum atomic E-state index is 12.7. The fourth-order valence-corrected chi connectivity index (χ4v) is 4.08. The predicted octanol–water partition coefficient (Wildman–Crippen LogP) is 7.07. The van der Waals surface area contributed by atoms with Gasteiger partial charge in [-0.2, -0.15) is 4.98 Å². The number of rotatable bonds is 11. The summed E-state index contributed by atoms with van der Waals surface area (Å²) in [5.41, 5.74) is 3.32. The van der Waals surface area contributed by atoms with E-state index < -0.39 is 23.8 Å². The summed E-state index contributed by atoms with van der Waals surface area (Å²) < 4.78 is 16.3. The highest BCUT2D eigenvalue weighted by atomic mass is 16.6. The summed E-state index contributed by atoms with van der Waals surface area (Å²) in [7, 11) is 0. The van der Waals surface area contributed by atoms with Gasteiger partial charge >= 0.3 is 12.2 Å². The lowest BCUT2D eigenvalue weighted by atomic mass is 10.0. The summed E-state index contributed by atoms with van der Waals surface area (Å²) in [6.45, 7) is 6.02. The number of carbonyl (C=O) groups is 2. The van der Waals surface area contributed by atoms with Crippen LogP contribution in [0.2, 0.25) is 0 Å². The van der Waals surface area contributed by atoms with Gasteiger partial charge in [0.05, 0.1) is 0 Å². The van der Waals surface area contributed by atoms with Crippen LogP contribution >= 0.6 is 0 Å². The second kappa shape index (κ2) is 14.1. The molecule has 0 fully saturated rings. The standard InChI is InChI=1S/C32H36N4O5/c1-32(2,3)40-30(37)33-21-11-10-16-27(34-31(38)39-22-23-12-6-4-7-13-23)29-35-28(36-41-29)26-19-17-25(18-20-26)24-14-8-5-9-15-24/h4-9,12-15,17-20,27H,10-11,16,21-22H2,1-3H3,(H,33,37)(H,34,38). The number of nitrogens with one attached hydrogen (secondary N) is 2. The maximum Gasteiger partial charge on any atom is 0.408 e. The van der Waals surface area contributed by atoms with Crippen LogP contribution in [-0.4, -0.2) is 34.5 Å². The van der Waals surface area contributed by atoms with Gasteiger partial charge < -0.3 is 24.6 Å². The van der Waals surface area contributed by atoms with E-state index in [2.05, 4.69) is 32.9 Å². The quantitative estimate of drug-likeness (QED) is 0.190. The lowest BCUT2D eigenvalue weighted by Gasteiger charge is -2.19. The summed E-state index contributed by atoms with van der Waals surface area (Å²) in [5.74, 6) is 0.708. The summed E-state index contributed by atoms with van der Waals surface area (Å²) >= 11 is 0. The number of carbonyl (C=O) groups excluding carboxylic acids is 2. The second-order valence-electron chi connectivity index (χ2n) is 10.6. The van der Waals surface area contributed by atoms with Crippen molar-refractivity contribution in [1.82, 2.24) is 20.8 Å². The number of aromatic nitrogens is 2. The normalized spacial score (nSPS) is 11.9. The third kappa shape index (κ3) is 9.49. The van der Waals surface area contributed by atoms with Crippen molar-refractivity contribution in [2.24, 2.45) is 0 Å². The number of alkyl carbamates (subject to hydrolysis) is 2. The molecule has 0 aliphatic heterocycles. The molecule has 214 valence electrons. The van der Waals surface area contributed by atoms with Crippen LogP contribution in [0.4, 0.5) is 9.59 Å². The molecule has 0 spiro atoms. The maximum absolute atomic E-state index is 12.7. The highest BCUT2D eigenvalue weighted by Crippen LogP contribution is 2.25. The zero-order valence-electron chi connectivity index (χ0n) is 23.6. The van der Waals surface area contributed by atoms with Crippen LogP contribution in [0.1, 0.15) is 57.5 Å². The highest BCUT2D eigenvalue weighted by molar-refractivity contribution is 5.69. The molecule has 3 aromatic carbocycles. The Morgan fingerprint density at radius 2 is 1.46 bits per heavy atom.